The number of carbonyl (C=O) groups is 1. The van der Waals surface area contributed by atoms with E-state index in [1.54, 1.807) is 12.3 Å². The topological polar surface area (TPSA) is 80.3 Å². The van der Waals surface area contributed by atoms with Gasteiger partial charge < -0.3 is 19.4 Å². The summed E-state index contributed by atoms with van der Waals surface area (Å²) < 4.78 is 10.9. The van der Waals surface area contributed by atoms with Gasteiger partial charge in [0.25, 0.3) is 5.91 Å². The van der Waals surface area contributed by atoms with Crippen molar-refractivity contribution in [3.8, 4) is 11.9 Å². The molecule has 0 spiro atoms. The largest absolute Gasteiger partial charge is 0.474 e. The predicted molar refractivity (Wildman–Crippen MR) is 96.4 cm³/mol. The molecule has 0 atom stereocenters. The molecule has 1 aromatic carbocycles. The molecule has 1 aliphatic rings. The second-order valence-electron chi connectivity index (χ2n) is 6.27. The van der Waals surface area contributed by atoms with Gasteiger partial charge in [0.1, 0.15) is 6.10 Å². The van der Waals surface area contributed by atoms with Crippen LogP contribution in [0.25, 0.3) is 10.9 Å². The standard InChI is InChI=1S/C19H20N4O3/c1-25-19-21-9-5-17(22-19)26-15-6-10-23(11-7-15)18(24)14-3-2-13-4-8-20-16(13)12-14/h2-5,8-9,12,15,20H,6-7,10-11H2,1H3. The fourth-order valence-electron chi connectivity index (χ4n) is 3.20. The molecule has 1 fully saturated rings. The van der Waals surface area contributed by atoms with E-state index in [0.717, 1.165) is 23.7 Å². The van der Waals surface area contributed by atoms with Crippen LogP contribution in [-0.2, 0) is 0 Å². The van der Waals surface area contributed by atoms with Crippen LogP contribution in [0.15, 0.2) is 42.7 Å². The summed E-state index contributed by atoms with van der Waals surface area (Å²) in [6.07, 6.45) is 5.05. The number of rotatable bonds is 4. The summed E-state index contributed by atoms with van der Waals surface area (Å²) in [6, 6.07) is 9.76. The van der Waals surface area contributed by atoms with Gasteiger partial charge in [-0.2, -0.15) is 4.98 Å². The summed E-state index contributed by atoms with van der Waals surface area (Å²) >= 11 is 0. The van der Waals surface area contributed by atoms with Gasteiger partial charge in [0.2, 0.25) is 5.88 Å². The Hall–Kier alpha value is -3.09. The molecule has 7 heteroatoms. The van der Waals surface area contributed by atoms with Gasteiger partial charge in [-0.15, -0.1) is 0 Å². The zero-order chi connectivity index (χ0) is 17.9. The average Bonchev–Trinajstić information content (AvgIpc) is 3.16. The normalized spacial score (nSPS) is 15.2. The molecule has 0 radical (unpaired) electrons. The van der Waals surface area contributed by atoms with E-state index < -0.39 is 0 Å². The molecule has 1 saturated heterocycles. The Balaban J connectivity index is 1.37. The fourth-order valence-corrected chi connectivity index (χ4v) is 3.20. The van der Waals surface area contributed by atoms with Gasteiger partial charge in [-0.3, -0.25) is 4.79 Å². The van der Waals surface area contributed by atoms with E-state index in [2.05, 4.69) is 15.0 Å². The molecule has 134 valence electrons. The predicted octanol–water partition coefficient (Wildman–Crippen LogP) is 2.65. The molecule has 0 saturated carbocycles. The Morgan fingerprint density at radius 2 is 2.08 bits per heavy atom. The van der Waals surface area contributed by atoms with Crippen molar-refractivity contribution >= 4 is 16.8 Å². The highest BCUT2D eigenvalue weighted by Gasteiger charge is 2.25. The lowest BCUT2D eigenvalue weighted by atomic mass is 10.1. The van der Waals surface area contributed by atoms with Gasteiger partial charge in [0.15, 0.2) is 0 Å². The maximum Gasteiger partial charge on any atom is 0.319 e. The maximum atomic E-state index is 12.7. The van der Waals surface area contributed by atoms with Crippen LogP contribution in [0, 0.1) is 0 Å². The highest BCUT2D eigenvalue weighted by Crippen LogP contribution is 2.21. The minimum Gasteiger partial charge on any atom is -0.474 e. The third kappa shape index (κ3) is 3.33. The minimum atomic E-state index is 0.0320. The van der Waals surface area contributed by atoms with Gasteiger partial charge >= 0.3 is 6.01 Å². The molecule has 3 heterocycles. The molecule has 0 aliphatic carbocycles. The van der Waals surface area contributed by atoms with Crippen molar-refractivity contribution in [1.82, 2.24) is 19.9 Å². The second-order valence-corrected chi connectivity index (χ2v) is 6.27. The summed E-state index contributed by atoms with van der Waals surface area (Å²) in [5.41, 5.74) is 1.69. The summed E-state index contributed by atoms with van der Waals surface area (Å²) in [7, 11) is 1.52. The van der Waals surface area contributed by atoms with E-state index >= 15 is 0 Å². The van der Waals surface area contributed by atoms with Crippen molar-refractivity contribution in [2.24, 2.45) is 0 Å². The van der Waals surface area contributed by atoms with Crippen LogP contribution in [0.5, 0.6) is 11.9 Å². The zero-order valence-electron chi connectivity index (χ0n) is 14.5. The first-order valence-corrected chi connectivity index (χ1v) is 8.63. The van der Waals surface area contributed by atoms with Gasteiger partial charge in [-0.1, -0.05) is 6.07 Å². The van der Waals surface area contributed by atoms with Crippen LogP contribution in [-0.4, -0.2) is 52.1 Å². The number of aromatic nitrogens is 3. The lowest BCUT2D eigenvalue weighted by Crippen LogP contribution is -2.41. The van der Waals surface area contributed by atoms with Gasteiger partial charge in [0, 0.05) is 55.5 Å². The van der Waals surface area contributed by atoms with Crippen molar-refractivity contribution in [1.29, 1.82) is 0 Å². The molecule has 26 heavy (non-hydrogen) atoms. The Morgan fingerprint density at radius 3 is 2.88 bits per heavy atom. The van der Waals surface area contributed by atoms with Crippen LogP contribution in [0.2, 0.25) is 0 Å². The molecule has 2 aromatic heterocycles. The Bertz CT molecular complexity index is 916. The first kappa shape index (κ1) is 16.4. The molecule has 0 unspecified atom stereocenters. The van der Waals surface area contributed by atoms with Crippen molar-refractivity contribution in [2.45, 2.75) is 18.9 Å². The quantitative estimate of drug-likeness (QED) is 0.781. The van der Waals surface area contributed by atoms with Gasteiger partial charge in [0.05, 0.1) is 7.11 Å². The highest BCUT2D eigenvalue weighted by atomic mass is 16.5. The van der Waals surface area contributed by atoms with Crippen molar-refractivity contribution < 1.29 is 14.3 Å². The number of H-pyrrole nitrogens is 1. The number of methoxy groups -OCH3 is 1. The molecule has 1 N–H and O–H groups in total. The van der Waals surface area contributed by atoms with Crippen LogP contribution in [0.3, 0.4) is 0 Å². The smallest absolute Gasteiger partial charge is 0.319 e. The molecule has 1 aliphatic heterocycles. The van der Waals surface area contributed by atoms with Crippen LogP contribution < -0.4 is 9.47 Å². The first-order valence-electron chi connectivity index (χ1n) is 8.63. The van der Waals surface area contributed by atoms with E-state index in [4.69, 9.17) is 9.47 Å². The molecular weight excluding hydrogens is 332 g/mol. The van der Waals surface area contributed by atoms with Crippen LogP contribution in [0.1, 0.15) is 23.2 Å². The molecule has 4 rings (SSSR count). The lowest BCUT2D eigenvalue weighted by Gasteiger charge is -2.32. The van der Waals surface area contributed by atoms with Gasteiger partial charge in [-0.05, 0) is 23.6 Å². The SMILES string of the molecule is COc1nccc(OC2CCN(C(=O)c3ccc4cc[nH]c4c3)CC2)n1. The highest BCUT2D eigenvalue weighted by molar-refractivity contribution is 5.98. The molecule has 7 nitrogen and oxygen atoms in total. The summed E-state index contributed by atoms with van der Waals surface area (Å²) in [4.78, 5) is 25.9. The molecule has 0 bridgehead atoms. The fraction of sp³-hybridized carbons (Fsp3) is 0.316. The molecule has 1 amide bonds. The number of aromatic amines is 1. The second kappa shape index (κ2) is 7.03. The van der Waals surface area contributed by atoms with Gasteiger partial charge in [-0.25, -0.2) is 4.98 Å². The van der Waals surface area contributed by atoms with Crippen LogP contribution in [0.4, 0.5) is 0 Å². The molecule has 3 aromatic rings. The first-order chi connectivity index (χ1) is 12.7. The average molecular weight is 352 g/mol. The number of ether oxygens (including phenoxy) is 2. The third-order valence-corrected chi connectivity index (χ3v) is 4.61. The number of nitrogens with one attached hydrogen (secondary N) is 1. The van der Waals surface area contributed by atoms with Crippen molar-refractivity contribution in [2.75, 3.05) is 20.2 Å². The molecular formula is C19H20N4O3. The number of hydrogen-bond donors (Lipinski definition) is 1. The minimum absolute atomic E-state index is 0.0320. The Morgan fingerprint density at radius 1 is 1.23 bits per heavy atom. The zero-order valence-corrected chi connectivity index (χ0v) is 14.5. The van der Waals surface area contributed by atoms with Crippen molar-refractivity contribution in [3.05, 3.63) is 48.3 Å². The number of piperidine rings is 1. The number of hydrogen-bond acceptors (Lipinski definition) is 5. The summed E-state index contributed by atoms with van der Waals surface area (Å²) in [6.45, 7) is 1.32. The monoisotopic (exact) mass is 352 g/mol. The van der Waals surface area contributed by atoms with E-state index in [1.165, 1.54) is 7.11 Å². The third-order valence-electron chi connectivity index (χ3n) is 4.61. The number of likely N-dealkylation sites (tertiary alicyclic amines) is 1. The van der Waals surface area contributed by atoms with E-state index in [1.807, 2.05) is 35.4 Å². The number of fused-ring (bicyclic) bond motifs is 1. The van der Waals surface area contributed by atoms with E-state index in [0.29, 0.717) is 24.5 Å². The number of benzene rings is 1. The number of nitrogens with zero attached hydrogens (tertiary/aromatic N) is 3. The lowest BCUT2D eigenvalue weighted by molar-refractivity contribution is 0.0586. The van der Waals surface area contributed by atoms with Crippen molar-refractivity contribution in [3.63, 3.8) is 0 Å². The van der Waals surface area contributed by atoms with Crippen LogP contribution >= 0.6 is 0 Å². The summed E-state index contributed by atoms with van der Waals surface area (Å²) in [5.74, 6) is 0.558. The Kier molecular flexibility index (Phi) is 4.43. The Labute approximate surface area is 151 Å². The van der Waals surface area contributed by atoms with E-state index in [-0.39, 0.29) is 18.0 Å². The number of carbonyl (C=O) groups excluding carboxylic acids is 1. The van der Waals surface area contributed by atoms with E-state index in [9.17, 15) is 4.79 Å². The number of amides is 1. The maximum absolute atomic E-state index is 12.7. The summed E-state index contributed by atoms with van der Waals surface area (Å²) in [5, 5.41) is 1.11.